The van der Waals surface area contributed by atoms with Crippen LogP contribution < -0.4 is 14.8 Å². The van der Waals surface area contributed by atoms with Gasteiger partial charge in [0, 0.05) is 23.4 Å². The summed E-state index contributed by atoms with van der Waals surface area (Å²) in [5, 5.41) is 11.3. The van der Waals surface area contributed by atoms with E-state index in [1.807, 2.05) is 6.92 Å². The van der Waals surface area contributed by atoms with E-state index in [9.17, 15) is 24.3 Å². The Labute approximate surface area is 214 Å². The summed E-state index contributed by atoms with van der Waals surface area (Å²) in [6, 6.07) is 12.9. The maximum atomic E-state index is 12.8. The number of thioether (sulfide) groups is 1. The van der Waals surface area contributed by atoms with E-state index in [0.717, 1.165) is 10.5 Å². The average molecular weight is 521 g/mol. The summed E-state index contributed by atoms with van der Waals surface area (Å²) in [7, 11) is 0. The van der Waals surface area contributed by atoms with Crippen LogP contribution in [-0.2, 0) is 9.59 Å². The molecule has 0 atom stereocenters. The van der Waals surface area contributed by atoms with Gasteiger partial charge in [-0.05, 0) is 60.6 Å². The number of carbonyl (C=O) groups is 4. The molecule has 0 bridgehead atoms. The van der Waals surface area contributed by atoms with Crippen molar-refractivity contribution < 1.29 is 38.2 Å². The van der Waals surface area contributed by atoms with Crippen LogP contribution >= 0.6 is 11.8 Å². The van der Waals surface area contributed by atoms with E-state index in [1.165, 1.54) is 18.2 Å². The molecule has 37 heavy (non-hydrogen) atoms. The Kier molecular flexibility index (Phi) is 6.45. The highest BCUT2D eigenvalue weighted by Crippen LogP contribution is 2.35. The summed E-state index contributed by atoms with van der Waals surface area (Å²) in [5.74, 6) is -0.415. The van der Waals surface area contributed by atoms with Gasteiger partial charge in [0.1, 0.15) is 31.3 Å². The van der Waals surface area contributed by atoms with Gasteiger partial charge in [0.15, 0.2) is 11.5 Å². The van der Waals surface area contributed by atoms with Crippen LogP contribution in [0.3, 0.4) is 0 Å². The molecule has 2 aliphatic rings. The molecular weight excluding hydrogens is 500 g/mol. The summed E-state index contributed by atoms with van der Waals surface area (Å²) in [5.41, 5.74) is 1.98. The fourth-order valence-corrected chi connectivity index (χ4v) is 4.64. The molecule has 5 rings (SSSR count). The number of nitrogens with one attached hydrogen (secondary N) is 1. The summed E-state index contributed by atoms with van der Waals surface area (Å²) < 4.78 is 16.8. The highest BCUT2D eigenvalue weighted by atomic mass is 32.2. The molecule has 2 aromatic carbocycles. The number of amides is 3. The fourth-order valence-electron chi connectivity index (χ4n) is 3.83. The normalized spacial score (nSPS) is 15.8. The summed E-state index contributed by atoms with van der Waals surface area (Å²) in [6.45, 7) is 2.22. The number of aryl methyl sites for hydroxylation is 1. The largest absolute Gasteiger partial charge is 0.486 e. The molecule has 11 heteroatoms. The molecular formula is C26H20N2O8S. The van der Waals surface area contributed by atoms with Crippen LogP contribution in [0.15, 0.2) is 57.9 Å². The number of fused-ring (bicyclic) bond motifs is 1. The van der Waals surface area contributed by atoms with E-state index in [0.29, 0.717) is 59.2 Å². The molecule has 3 amide bonds. The Morgan fingerprint density at radius 3 is 2.62 bits per heavy atom. The molecule has 1 fully saturated rings. The number of imide groups is 1. The first-order valence-electron chi connectivity index (χ1n) is 11.2. The standard InChI is InChI=1S/C26H20N2O8S/c1-14-2-3-15(25(31)32)10-18(14)19-7-5-17(36-19)12-22-24(30)28(26(33)37-22)13-23(29)27-16-4-6-20-21(11-16)35-9-8-34-20/h2-7,10-12H,8-9,13H2,1H3,(H,27,29)(H,31,32)/b22-12-. The molecule has 1 aromatic heterocycles. The van der Waals surface area contributed by atoms with Crippen molar-refractivity contribution in [2.75, 3.05) is 25.1 Å². The van der Waals surface area contributed by atoms with E-state index in [4.69, 9.17) is 13.9 Å². The van der Waals surface area contributed by atoms with Gasteiger partial charge in [-0.15, -0.1) is 0 Å². The number of ether oxygens (including phenoxy) is 2. The Balaban J connectivity index is 1.27. The van der Waals surface area contributed by atoms with Crippen LogP contribution in [-0.4, -0.2) is 52.8 Å². The number of hydrogen-bond donors (Lipinski definition) is 2. The quantitative estimate of drug-likeness (QED) is 0.453. The number of carboxylic acids is 1. The number of nitrogens with zero attached hydrogens (tertiary/aromatic N) is 1. The average Bonchev–Trinajstić information content (AvgIpc) is 3.44. The fraction of sp³-hybridized carbons (Fsp3) is 0.154. The molecule has 3 heterocycles. The van der Waals surface area contributed by atoms with Gasteiger partial charge in [-0.25, -0.2) is 4.79 Å². The lowest BCUT2D eigenvalue weighted by Crippen LogP contribution is -2.36. The van der Waals surface area contributed by atoms with Crippen molar-refractivity contribution in [3.8, 4) is 22.8 Å². The summed E-state index contributed by atoms with van der Waals surface area (Å²) in [4.78, 5) is 50.1. The lowest BCUT2D eigenvalue weighted by molar-refractivity contribution is -0.127. The van der Waals surface area contributed by atoms with E-state index >= 15 is 0 Å². The Morgan fingerprint density at radius 2 is 1.84 bits per heavy atom. The highest BCUT2D eigenvalue weighted by Gasteiger charge is 2.36. The lowest BCUT2D eigenvalue weighted by Gasteiger charge is -2.19. The van der Waals surface area contributed by atoms with Gasteiger partial charge in [0.25, 0.3) is 11.1 Å². The minimum absolute atomic E-state index is 0.106. The van der Waals surface area contributed by atoms with Crippen molar-refractivity contribution in [1.82, 2.24) is 4.90 Å². The molecule has 2 aliphatic heterocycles. The van der Waals surface area contributed by atoms with E-state index < -0.39 is 29.6 Å². The zero-order valence-corrected chi connectivity index (χ0v) is 20.3. The third-order valence-corrected chi connectivity index (χ3v) is 6.56. The molecule has 0 saturated carbocycles. The Hall–Kier alpha value is -4.51. The van der Waals surface area contributed by atoms with Gasteiger partial charge in [0.05, 0.1) is 10.5 Å². The van der Waals surface area contributed by atoms with Gasteiger partial charge in [-0.3, -0.25) is 19.3 Å². The predicted molar refractivity (Wildman–Crippen MR) is 135 cm³/mol. The zero-order valence-electron chi connectivity index (χ0n) is 19.5. The first kappa shape index (κ1) is 24.2. The van der Waals surface area contributed by atoms with Crippen molar-refractivity contribution >= 4 is 46.5 Å². The number of benzene rings is 2. The minimum atomic E-state index is -1.06. The van der Waals surface area contributed by atoms with Crippen molar-refractivity contribution in [1.29, 1.82) is 0 Å². The number of aromatic carboxylic acids is 1. The van der Waals surface area contributed by atoms with Crippen LogP contribution in [0.4, 0.5) is 10.5 Å². The number of carboxylic acid groups (broad SMARTS) is 1. The molecule has 0 unspecified atom stereocenters. The Morgan fingerprint density at radius 1 is 1.05 bits per heavy atom. The number of rotatable bonds is 6. The Bertz CT molecular complexity index is 1470. The number of carbonyl (C=O) groups excluding carboxylic acids is 3. The summed E-state index contributed by atoms with van der Waals surface area (Å²) >= 11 is 0.702. The van der Waals surface area contributed by atoms with Crippen LogP contribution in [0.5, 0.6) is 11.5 Å². The second-order valence-corrected chi connectivity index (χ2v) is 9.20. The molecule has 10 nitrogen and oxygen atoms in total. The zero-order chi connectivity index (χ0) is 26.1. The van der Waals surface area contributed by atoms with Gasteiger partial charge >= 0.3 is 5.97 Å². The molecule has 188 valence electrons. The van der Waals surface area contributed by atoms with Crippen LogP contribution in [0.2, 0.25) is 0 Å². The highest BCUT2D eigenvalue weighted by molar-refractivity contribution is 8.18. The molecule has 2 N–H and O–H groups in total. The minimum Gasteiger partial charge on any atom is -0.486 e. The molecule has 0 spiro atoms. The summed E-state index contributed by atoms with van der Waals surface area (Å²) in [6.07, 6.45) is 1.42. The molecule has 0 radical (unpaired) electrons. The van der Waals surface area contributed by atoms with Gasteiger partial charge < -0.3 is 24.3 Å². The van der Waals surface area contributed by atoms with Crippen LogP contribution in [0.25, 0.3) is 17.4 Å². The smallest absolute Gasteiger partial charge is 0.335 e. The first-order valence-corrected chi connectivity index (χ1v) is 12.0. The van der Waals surface area contributed by atoms with Crippen molar-refractivity contribution in [3.05, 3.63) is 70.3 Å². The number of furan rings is 1. The van der Waals surface area contributed by atoms with Gasteiger partial charge in [-0.2, -0.15) is 0 Å². The molecule has 1 saturated heterocycles. The predicted octanol–water partition coefficient (Wildman–Crippen LogP) is 4.40. The second-order valence-electron chi connectivity index (χ2n) is 8.21. The topological polar surface area (TPSA) is 135 Å². The van der Waals surface area contributed by atoms with E-state index in [-0.39, 0.29) is 10.5 Å². The maximum absolute atomic E-state index is 12.8. The lowest BCUT2D eigenvalue weighted by atomic mass is 10.0. The van der Waals surface area contributed by atoms with Crippen molar-refractivity contribution in [2.45, 2.75) is 6.92 Å². The van der Waals surface area contributed by atoms with Gasteiger partial charge in [0.2, 0.25) is 5.91 Å². The molecule has 3 aromatic rings. The first-order chi connectivity index (χ1) is 17.8. The van der Waals surface area contributed by atoms with Crippen LogP contribution in [0, 0.1) is 6.92 Å². The van der Waals surface area contributed by atoms with Crippen molar-refractivity contribution in [2.24, 2.45) is 0 Å². The van der Waals surface area contributed by atoms with E-state index in [2.05, 4.69) is 5.32 Å². The third-order valence-electron chi connectivity index (χ3n) is 5.65. The maximum Gasteiger partial charge on any atom is 0.335 e. The van der Waals surface area contributed by atoms with E-state index in [1.54, 1.807) is 36.4 Å². The number of hydrogen-bond acceptors (Lipinski definition) is 8. The van der Waals surface area contributed by atoms with Crippen LogP contribution in [0.1, 0.15) is 21.7 Å². The van der Waals surface area contributed by atoms with Gasteiger partial charge in [-0.1, -0.05) is 6.07 Å². The SMILES string of the molecule is Cc1ccc(C(=O)O)cc1-c1ccc(/C=C2\SC(=O)N(CC(=O)Nc3ccc4c(c3)OCCO4)C2=O)o1. The van der Waals surface area contributed by atoms with Crippen molar-refractivity contribution in [3.63, 3.8) is 0 Å². The second kappa shape index (κ2) is 9.86. The molecule has 0 aliphatic carbocycles. The monoisotopic (exact) mass is 520 g/mol. The third kappa shape index (κ3) is 5.07. The number of anilines is 1.